The van der Waals surface area contributed by atoms with E-state index in [-0.39, 0.29) is 5.92 Å². The summed E-state index contributed by atoms with van der Waals surface area (Å²) in [5, 5.41) is 0. The second-order valence-electron chi connectivity index (χ2n) is 8.23. The van der Waals surface area contributed by atoms with Crippen molar-refractivity contribution in [3.63, 3.8) is 0 Å². The monoisotopic (exact) mass is 400 g/mol. The van der Waals surface area contributed by atoms with Crippen LogP contribution >= 0.6 is 0 Å². The quantitative estimate of drug-likeness (QED) is 0.279. The number of unbranched alkanes of at least 4 members (excludes halogenated alkanes) is 5. The van der Waals surface area contributed by atoms with E-state index in [1.165, 1.54) is 55.2 Å². The van der Waals surface area contributed by atoms with E-state index in [1.54, 1.807) is 0 Å². The summed E-state index contributed by atoms with van der Waals surface area (Å²) >= 11 is 0. The smallest absolute Gasteiger partial charge is 0.104 e. The minimum absolute atomic E-state index is 0.142. The number of hydrogen-bond acceptors (Lipinski definition) is 1. The highest BCUT2D eigenvalue weighted by Crippen LogP contribution is 2.47. The Hall–Kier alpha value is -2.38. The molecule has 1 heteroatoms. The Balaban J connectivity index is 2.01. The third kappa shape index (κ3) is 5.40. The van der Waals surface area contributed by atoms with Gasteiger partial charge in [0.15, 0.2) is 0 Å². The Bertz CT molecular complexity index is 789. The fourth-order valence-electron chi connectivity index (χ4n) is 4.70. The maximum absolute atomic E-state index is 6.52. The molecule has 0 heterocycles. The van der Waals surface area contributed by atoms with E-state index in [9.17, 15) is 0 Å². The average Bonchev–Trinajstić information content (AvgIpc) is 2.82. The van der Waals surface area contributed by atoms with E-state index in [0.717, 1.165) is 6.42 Å². The molecule has 0 fully saturated rings. The summed E-state index contributed by atoms with van der Waals surface area (Å²) in [6.45, 7) is 2.27. The van der Waals surface area contributed by atoms with Gasteiger partial charge in [-0.1, -0.05) is 136 Å². The summed E-state index contributed by atoms with van der Waals surface area (Å²) in [7, 11) is 1.89. The van der Waals surface area contributed by atoms with Gasteiger partial charge in [0, 0.05) is 13.0 Å². The summed E-state index contributed by atoms with van der Waals surface area (Å²) in [6.07, 6.45) is 8.71. The van der Waals surface area contributed by atoms with Crippen LogP contribution in [0.1, 0.15) is 74.5 Å². The molecule has 0 N–H and O–H groups in total. The lowest BCUT2D eigenvalue weighted by Gasteiger charge is -2.41. The first-order chi connectivity index (χ1) is 14.8. The van der Waals surface area contributed by atoms with Crippen molar-refractivity contribution in [2.75, 3.05) is 7.11 Å². The van der Waals surface area contributed by atoms with Crippen LogP contribution in [0, 0.1) is 0 Å². The summed E-state index contributed by atoms with van der Waals surface area (Å²) < 4.78 is 6.52. The molecule has 0 aliphatic rings. The molecule has 3 aromatic rings. The van der Waals surface area contributed by atoms with E-state index in [2.05, 4.69) is 97.9 Å². The average molecular weight is 401 g/mol. The third-order valence-corrected chi connectivity index (χ3v) is 6.26. The van der Waals surface area contributed by atoms with E-state index in [1.807, 2.05) is 7.11 Å². The number of benzene rings is 3. The largest absolute Gasteiger partial charge is 0.373 e. The van der Waals surface area contributed by atoms with Crippen LogP contribution in [0.2, 0.25) is 0 Å². The van der Waals surface area contributed by atoms with Gasteiger partial charge in [0.05, 0.1) is 0 Å². The van der Waals surface area contributed by atoms with Crippen LogP contribution in [0.25, 0.3) is 0 Å². The highest BCUT2D eigenvalue weighted by atomic mass is 16.5. The Morgan fingerprint density at radius 2 is 1.10 bits per heavy atom. The molecule has 0 saturated carbocycles. The first-order valence-electron chi connectivity index (χ1n) is 11.5. The lowest BCUT2D eigenvalue weighted by atomic mass is 9.71. The summed E-state index contributed by atoms with van der Waals surface area (Å²) in [5.74, 6) is 0.142. The Labute approximate surface area is 183 Å². The predicted molar refractivity (Wildman–Crippen MR) is 128 cm³/mol. The predicted octanol–water partition coefficient (Wildman–Crippen LogP) is 8.11. The molecule has 0 bridgehead atoms. The number of ether oxygens (including phenoxy) is 1. The van der Waals surface area contributed by atoms with Crippen molar-refractivity contribution in [3.8, 4) is 0 Å². The van der Waals surface area contributed by atoms with Gasteiger partial charge in [-0.15, -0.1) is 0 Å². The molecule has 158 valence electrons. The third-order valence-electron chi connectivity index (χ3n) is 6.26. The zero-order valence-corrected chi connectivity index (χ0v) is 18.6. The maximum Gasteiger partial charge on any atom is 0.104 e. The number of hydrogen-bond donors (Lipinski definition) is 0. The van der Waals surface area contributed by atoms with Gasteiger partial charge in [-0.25, -0.2) is 0 Å². The van der Waals surface area contributed by atoms with Crippen molar-refractivity contribution < 1.29 is 4.74 Å². The zero-order chi connectivity index (χ0) is 21.1. The fraction of sp³-hybridized carbons (Fsp3) is 0.379. The van der Waals surface area contributed by atoms with Gasteiger partial charge in [0.25, 0.3) is 0 Å². The molecular weight excluding hydrogens is 364 g/mol. The molecular formula is C29H36O. The van der Waals surface area contributed by atoms with E-state index in [0.29, 0.717) is 0 Å². The topological polar surface area (TPSA) is 9.23 Å². The molecule has 3 aromatic carbocycles. The van der Waals surface area contributed by atoms with E-state index >= 15 is 0 Å². The molecule has 3 rings (SSSR count). The minimum Gasteiger partial charge on any atom is -0.373 e. The normalized spacial score (nSPS) is 13.3. The fourth-order valence-corrected chi connectivity index (χ4v) is 4.70. The lowest BCUT2D eigenvalue weighted by molar-refractivity contribution is -0.0384. The minimum atomic E-state index is -0.394. The van der Waals surface area contributed by atoms with Gasteiger partial charge in [0.1, 0.15) is 5.60 Å². The standard InChI is InChI=1S/C29H36O/c1-3-4-5-6-7-17-24-29(30-2,27-22-15-10-16-23-27)28(25-18-11-8-12-19-25)26-20-13-9-14-21-26/h8-16,18-23,28H,3-7,17,24H2,1-2H3. The van der Waals surface area contributed by atoms with Gasteiger partial charge in [-0.2, -0.15) is 0 Å². The molecule has 0 aliphatic carbocycles. The lowest BCUT2D eigenvalue weighted by Crippen LogP contribution is -2.36. The van der Waals surface area contributed by atoms with Gasteiger partial charge in [-0.05, 0) is 23.1 Å². The van der Waals surface area contributed by atoms with Crippen LogP contribution in [0.4, 0.5) is 0 Å². The van der Waals surface area contributed by atoms with Gasteiger partial charge in [-0.3, -0.25) is 0 Å². The molecule has 0 amide bonds. The molecule has 0 aliphatic heterocycles. The van der Waals surface area contributed by atoms with Gasteiger partial charge in [0.2, 0.25) is 0 Å². The number of methoxy groups -OCH3 is 1. The molecule has 0 spiro atoms. The zero-order valence-electron chi connectivity index (χ0n) is 18.6. The molecule has 1 unspecified atom stereocenters. The molecule has 0 radical (unpaired) electrons. The highest BCUT2D eigenvalue weighted by molar-refractivity contribution is 5.40. The first-order valence-corrected chi connectivity index (χ1v) is 11.5. The van der Waals surface area contributed by atoms with Crippen LogP contribution in [-0.2, 0) is 10.3 Å². The highest BCUT2D eigenvalue weighted by Gasteiger charge is 2.42. The summed E-state index contributed by atoms with van der Waals surface area (Å²) in [4.78, 5) is 0. The van der Waals surface area contributed by atoms with Crippen molar-refractivity contribution in [1.29, 1.82) is 0 Å². The second kappa shape index (κ2) is 11.7. The van der Waals surface area contributed by atoms with E-state index < -0.39 is 5.60 Å². The van der Waals surface area contributed by atoms with Crippen molar-refractivity contribution >= 4 is 0 Å². The molecule has 1 nitrogen and oxygen atoms in total. The Morgan fingerprint density at radius 3 is 1.60 bits per heavy atom. The van der Waals surface area contributed by atoms with Crippen LogP contribution in [-0.4, -0.2) is 7.11 Å². The molecule has 0 aromatic heterocycles. The first kappa shape index (κ1) is 22.3. The second-order valence-corrected chi connectivity index (χ2v) is 8.23. The van der Waals surface area contributed by atoms with Crippen molar-refractivity contribution in [1.82, 2.24) is 0 Å². The molecule has 0 saturated heterocycles. The van der Waals surface area contributed by atoms with Crippen molar-refractivity contribution in [3.05, 3.63) is 108 Å². The Morgan fingerprint density at radius 1 is 0.633 bits per heavy atom. The van der Waals surface area contributed by atoms with Crippen molar-refractivity contribution in [2.45, 2.75) is 63.4 Å². The van der Waals surface area contributed by atoms with Crippen LogP contribution in [0.15, 0.2) is 91.0 Å². The van der Waals surface area contributed by atoms with Crippen LogP contribution in [0.3, 0.4) is 0 Å². The van der Waals surface area contributed by atoms with Gasteiger partial charge < -0.3 is 4.74 Å². The van der Waals surface area contributed by atoms with Crippen LogP contribution in [0.5, 0.6) is 0 Å². The number of rotatable bonds is 12. The molecule has 30 heavy (non-hydrogen) atoms. The summed E-state index contributed by atoms with van der Waals surface area (Å²) in [6, 6.07) is 32.6. The maximum atomic E-state index is 6.52. The van der Waals surface area contributed by atoms with E-state index in [4.69, 9.17) is 4.74 Å². The van der Waals surface area contributed by atoms with Crippen LogP contribution < -0.4 is 0 Å². The summed E-state index contributed by atoms with van der Waals surface area (Å²) in [5.41, 5.74) is 3.48. The van der Waals surface area contributed by atoms with Crippen molar-refractivity contribution in [2.24, 2.45) is 0 Å². The Kier molecular flexibility index (Phi) is 8.71. The molecule has 1 atom stereocenters. The SMILES string of the molecule is CCCCCCCCC(OC)(c1ccccc1)C(c1ccccc1)c1ccccc1. The van der Waals surface area contributed by atoms with Gasteiger partial charge >= 0.3 is 0 Å².